The first-order valence-corrected chi connectivity index (χ1v) is 7.45. The van der Waals surface area contributed by atoms with E-state index in [1.54, 1.807) is 0 Å². The van der Waals surface area contributed by atoms with E-state index in [0.29, 0.717) is 24.4 Å². The second-order valence-corrected chi connectivity index (χ2v) is 6.46. The topological polar surface area (TPSA) is 27.7 Å². The standard InChI is InChI=1S/C15H28O3/c1-4-15(2,3)8-5-9-16-11-17-14-10-12-6-7-13(14)18-12/h12-14H,4-11H2,1-3H3. The maximum absolute atomic E-state index is 5.75. The van der Waals surface area contributed by atoms with Crippen LogP contribution in [-0.4, -0.2) is 31.7 Å². The molecule has 0 amide bonds. The molecule has 0 aromatic carbocycles. The fraction of sp³-hybridized carbons (Fsp3) is 1.00. The van der Waals surface area contributed by atoms with Gasteiger partial charge in [0.2, 0.25) is 0 Å². The Kier molecular flexibility index (Phi) is 5.05. The maximum Gasteiger partial charge on any atom is 0.147 e. The highest BCUT2D eigenvalue weighted by atomic mass is 16.7. The van der Waals surface area contributed by atoms with Crippen LogP contribution in [0.2, 0.25) is 0 Å². The lowest BCUT2D eigenvalue weighted by molar-refractivity contribution is -0.106. The van der Waals surface area contributed by atoms with E-state index in [9.17, 15) is 0 Å². The molecule has 2 heterocycles. The third-order valence-corrected chi connectivity index (χ3v) is 4.52. The van der Waals surface area contributed by atoms with Crippen molar-refractivity contribution in [3.63, 3.8) is 0 Å². The monoisotopic (exact) mass is 256 g/mol. The minimum Gasteiger partial charge on any atom is -0.372 e. The normalized spacial score (nSPS) is 31.2. The Morgan fingerprint density at radius 1 is 1.28 bits per heavy atom. The first-order valence-electron chi connectivity index (χ1n) is 7.45. The van der Waals surface area contributed by atoms with Crippen molar-refractivity contribution in [2.45, 2.75) is 77.6 Å². The summed E-state index contributed by atoms with van der Waals surface area (Å²) in [6.07, 6.45) is 8.12. The van der Waals surface area contributed by atoms with Crippen molar-refractivity contribution in [3.8, 4) is 0 Å². The Hall–Kier alpha value is -0.120. The van der Waals surface area contributed by atoms with Gasteiger partial charge in [0.05, 0.1) is 18.3 Å². The van der Waals surface area contributed by atoms with Gasteiger partial charge in [-0.1, -0.05) is 27.2 Å². The molecule has 2 aliphatic rings. The number of fused-ring (bicyclic) bond motifs is 2. The van der Waals surface area contributed by atoms with Crippen LogP contribution in [0.1, 0.15) is 59.3 Å². The van der Waals surface area contributed by atoms with Gasteiger partial charge in [0.15, 0.2) is 0 Å². The predicted molar refractivity (Wildman–Crippen MR) is 71.5 cm³/mol. The zero-order valence-corrected chi connectivity index (χ0v) is 12.1. The number of hydrogen-bond acceptors (Lipinski definition) is 3. The Morgan fingerprint density at radius 3 is 2.72 bits per heavy atom. The SMILES string of the molecule is CCC(C)(C)CCCOCOC1CC2CCC1O2. The van der Waals surface area contributed by atoms with E-state index in [0.717, 1.165) is 19.4 Å². The zero-order valence-electron chi connectivity index (χ0n) is 12.1. The van der Waals surface area contributed by atoms with Crippen LogP contribution in [0.3, 0.4) is 0 Å². The van der Waals surface area contributed by atoms with Gasteiger partial charge < -0.3 is 14.2 Å². The van der Waals surface area contributed by atoms with Crippen molar-refractivity contribution >= 4 is 0 Å². The van der Waals surface area contributed by atoms with Gasteiger partial charge in [0.25, 0.3) is 0 Å². The van der Waals surface area contributed by atoms with Gasteiger partial charge in [-0.05, 0) is 31.1 Å². The first kappa shape index (κ1) is 14.3. The van der Waals surface area contributed by atoms with Gasteiger partial charge in [0, 0.05) is 13.0 Å². The van der Waals surface area contributed by atoms with Crippen molar-refractivity contribution in [2.24, 2.45) is 5.41 Å². The van der Waals surface area contributed by atoms with Crippen LogP contribution < -0.4 is 0 Å². The molecule has 3 nitrogen and oxygen atoms in total. The summed E-state index contributed by atoms with van der Waals surface area (Å²) < 4.78 is 17.1. The summed E-state index contributed by atoms with van der Waals surface area (Å²) in [5, 5.41) is 0. The van der Waals surface area contributed by atoms with Crippen LogP contribution in [0, 0.1) is 5.41 Å². The van der Waals surface area contributed by atoms with Crippen molar-refractivity contribution in [1.29, 1.82) is 0 Å². The van der Waals surface area contributed by atoms with Crippen LogP contribution in [0.4, 0.5) is 0 Å². The number of hydrogen-bond donors (Lipinski definition) is 0. The molecule has 0 radical (unpaired) electrons. The van der Waals surface area contributed by atoms with E-state index in [1.807, 2.05) is 0 Å². The molecule has 0 saturated carbocycles. The van der Waals surface area contributed by atoms with Crippen molar-refractivity contribution in [1.82, 2.24) is 0 Å². The molecule has 3 heteroatoms. The predicted octanol–water partition coefficient (Wildman–Crippen LogP) is 3.51. The average molecular weight is 256 g/mol. The summed E-state index contributed by atoms with van der Waals surface area (Å²) in [4.78, 5) is 0. The van der Waals surface area contributed by atoms with Gasteiger partial charge in [0.1, 0.15) is 6.79 Å². The van der Waals surface area contributed by atoms with E-state index in [2.05, 4.69) is 20.8 Å². The second-order valence-electron chi connectivity index (χ2n) is 6.46. The lowest BCUT2D eigenvalue weighted by Gasteiger charge is -2.22. The second kappa shape index (κ2) is 6.36. The van der Waals surface area contributed by atoms with Gasteiger partial charge in [-0.3, -0.25) is 0 Å². The fourth-order valence-electron chi connectivity index (χ4n) is 2.79. The molecule has 0 aromatic heterocycles. The van der Waals surface area contributed by atoms with E-state index in [1.165, 1.54) is 25.7 Å². The van der Waals surface area contributed by atoms with Crippen LogP contribution >= 0.6 is 0 Å². The van der Waals surface area contributed by atoms with Crippen molar-refractivity contribution < 1.29 is 14.2 Å². The van der Waals surface area contributed by atoms with Gasteiger partial charge in [-0.25, -0.2) is 0 Å². The smallest absolute Gasteiger partial charge is 0.147 e. The molecule has 3 unspecified atom stereocenters. The summed E-state index contributed by atoms with van der Waals surface area (Å²) in [5.74, 6) is 0. The van der Waals surface area contributed by atoms with Crippen molar-refractivity contribution in [2.75, 3.05) is 13.4 Å². The number of rotatable bonds is 8. The quantitative estimate of drug-likeness (QED) is 0.491. The molecular formula is C15H28O3. The molecule has 0 N–H and O–H groups in total. The molecular weight excluding hydrogens is 228 g/mol. The highest BCUT2D eigenvalue weighted by Crippen LogP contribution is 2.36. The Labute approximate surface area is 111 Å². The Morgan fingerprint density at radius 2 is 2.11 bits per heavy atom. The highest BCUT2D eigenvalue weighted by Gasteiger charge is 2.41. The van der Waals surface area contributed by atoms with E-state index >= 15 is 0 Å². The fourth-order valence-corrected chi connectivity index (χ4v) is 2.79. The molecule has 2 aliphatic heterocycles. The van der Waals surface area contributed by atoms with E-state index in [4.69, 9.17) is 14.2 Å². The maximum atomic E-state index is 5.75. The molecule has 2 rings (SSSR count). The molecule has 0 aromatic rings. The van der Waals surface area contributed by atoms with Crippen LogP contribution in [-0.2, 0) is 14.2 Å². The Bertz CT molecular complexity index is 252. The summed E-state index contributed by atoms with van der Waals surface area (Å²) in [6, 6.07) is 0. The van der Waals surface area contributed by atoms with Crippen LogP contribution in [0.5, 0.6) is 0 Å². The Balaban J connectivity index is 1.47. The minimum atomic E-state index is 0.288. The lowest BCUT2D eigenvalue weighted by atomic mass is 9.85. The molecule has 2 saturated heterocycles. The summed E-state index contributed by atoms with van der Waals surface area (Å²) in [6.45, 7) is 8.13. The minimum absolute atomic E-state index is 0.288. The summed E-state index contributed by atoms with van der Waals surface area (Å²) >= 11 is 0. The molecule has 0 aliphatic carbocycles. The molecule has 2 fully saturated rings. The molecule has 3 atom stereocenters. The van der Waals surface area contributed by atoms with E-state index in [-0.39, 0.29) is 6.10 Å². The van der Waals surface area contributed by atoms with Gasteiger partial charge >= 0.3 is 0 Å². The zero-order chi connectivity index (χ0) is 13.0. The van der Waals surface area contributed by atoms with Gasteiger partial charge in [-0.2, -0.15) is 0 Å². The molecule has 18 heavy (non-hydrogen) atoms. The van der Waals surface area contributed by atoms with Crippen molar-refractivity contribution in [3.05, 3.63) is 0 Å². The third kappa shape index (κ3) is 3.94. The first-order chi connectivity index (χ1) is 8.61. The lowest BCUT2D eigenvalue weighted by Crippen LogP contribution is -2.26. The summed E-state index contributed by atoms with van der Waals surface area (Å²) in [7, 11) is 0. The van der Waals surface area contributed by atoms with Gasteiger partial charge in [-0.15, -0.1) is 0 Å². The average Bonchev–Trinajstić information content (AvgIpc) is 2.95. The largest absolute Gasteiger partial charge is 0.372 e. The molecule has 2 bridgehead atoms. The number of ether oxygens (including phenoxy) is 3. The van der Waals surface area contributed by atoms with Crippen LogP contribution in [0.15, 0.2) is 0 Å². The van der Waals surface area contributed by atoms with E-state index < -0.39 is 0 Å². The third-order valence-electron chi connectivity index (χ3n) is 4.52. The molecule has 106 valence electrons. The van der Waals surface area contributed by atoms with Crippen LogP contribution in [0.25, 0.3) is 0 Å². The molecule has 0 spiro atoms. The summed E-state index contributed by atoms with van der Waals surface area (Å²) in [5.41, 5.74) is 0.447. The highest BCUT2D eigenvalue weighted by molar-refractivity contribution is 4.90.